The highest BCUT2D eigenvalue weighted by atomic mass is 19.1. The van der Waals surface area contributed by atoms with Crippen molar-refractivity contribution < 1.29 is 23.5 Å². The van der Waals surface area contributed by atoms with Crippen LogP contribution in [0.2, 0.25) is 0 Å². The third-order valence-corrected chi connectivity index (χ3v) is 4.11. The SMILES string of the molecule is CCCCOc1ccc(F)cc1OCCN1C(=O)c2ccccc2C1=O. The van der Waals surface area contributed by atoms with Crippen molar-refractivity contribution in [1.29, 1.82) is 0 Å². The summed E-state index contributed by atoms with van der Waals surface area (Å²) in [6, 6.07) is 10.8. The smallest absolute Gasteiger partial charge is 0.261 e. The summed E-state index contributed by atoms with van der Waals surface area (Å²) in [4.78, 5) is 25.8. The molecule has 0 saturated carbocycles. The molecule has 1 aliphatic heterocycles. The van der Waals surface area contributed by atoms with Crippen LogP contribution < -0.4 is 9.47 Å². The number of nitrogens with zero attached hydrogens (tertiary/aromatic N) is 1. The van der Waals surface area contributed by atoms with Gasteiger partial charge in [-0.2, -0.15) is 0 Å². The summed E-state index contributed by atoms with van der Waals surface area (Å²) in [6.45, 7) is 2.70. The van der Waals surface area contributed by atoms with Crippen LogP contribution in [0.5, 0.6) is 11.5 Å². The van der Waals surface area contributed by atoms with Gasteiger partial charge in [-0.25, -0.2) is 4.39 Å². The van der Waals surface area contributed by atoms with Crippen molar-refractivity contribution in [2.75, 3.05) is 19.8 Å². The Morgan fingerprint density at radius 2 is 1.58 bits per heavy atom. The van der Waals surface area contributed by atoms with Gasteiger partial charge in [0, 0.05) is 6.07 Å². The van der Waals surface area contributed by atoms with Crippen molar-refractivity contribution in [2.45, 2.75) is 19.8 Å². The number of benzene rings is 2. The van der Waals surface area contributed by atoms with Gasteiger partial charge in [0.2, 0.25) is 0 Å². The molecule has 6 heteroatoms. The number of unbranched alkanes of at least 4 members (excludes halogenated alkanes) is 1. The van der Waals surface area contributed by atoms with Gasteiger partial charge < -0.3 is 9.47 Å². The fraction of sp³-hybridized carbons (Fsp3) is 0.300. The first-order valence-electron chi connectivity index (χ1n) is 8.62. The fourth-order valence-electron chi connectivity index (χ4n) is 2.73. The summed E-state index contributed by atoms with van der Waals surface area (Å²) in [7, 11) is 0. The number of hydrogen-bond donors (Lipinski definition) is 0. The largest absolute Gasteiger partial charge is 0.490 e. The van der Waals surface area contributed by atoms with Crippen molar-refractivity contribution in [3.05, 3.63) is 59.4 Å². The lowest BCUT2D eigenvalue weighted by Gasteiger charge is -2.16. The van der Waals surface area contributed by atoms with Crippen molar-refractivity contribution in [2.24, 2.45) is 0 Å². The Bertz CT molecular complexity index is 786. The maximum absolute atomic E-state index is 13.5. The van der Waals surface area contributed by atoms with Gasteiger partial charge in [0.25, 0.3) is 11.8 Å². The van der Waals surface area contributed by atoms with Crippen LogP contribution in [0, 0.1) is 5.82 Å². The lowest BCUT2D eigenvalue weighted by atomic mass is 10.1. The second-order valence-electron chi connectivity index (χ2n) is 5.95. The molecule has 2 aromatic carbocycles. The number of fused-ring (bicyclic) bond motifs is 1. The molecule has 0 aliphatic carbocycles. The minimum absolute atomic E-state index is 0.0546. The maximum atomic E-state index is 13.5. The molecule has 2 aromatic rings. The predicted molar refractivity (Wildman–Crippen MR) is 94.1 cm³/mol. The molecule has 0 bridgehead atoms. The van der Waals surface area contributed by atoms with Crippen molar-refractivity contribution in [3.8, 4) is 11.5 Å². The van der Waals surface area contributed by atoms with E-state index in [-0.39, 0.29) is 30.7 Å². The van der Waals surface area contributed by atoms with Crippen LogP contribution in [-0.4, -0.2) is 36.5 Å². The summed E-state index contributed by atoms with van der Waals surface area (Å²) in [5.41, 5.74) is 0.790. The third-order valence-electron chi connectivity index (χ3n) is 4.11. The lowest BCUT2D eigenvalue weighted by molar-refractivity contribution is 0.0630. The Labute approximate surface area is 151 Å². The van der Waals surface area contributed by atoms with E-state index in [1.54, 1.807) is 24.3 Å². The Morgan fingerprint density at radius 1 is 0.923 bits per heavy atom. The van der Waals surface area contributed by atoms with Crippen molar-refractivity contribution >= 4 is 11.8 Å². The molecule has 0 aromatic heterocycles. The van der Waals surface area contributed by atoms with Crippen LogP contribution in [0.1, 0.15) is 40.5 Å². The number of carbonyl (C=O) groups excluding carboxylic acids is 2. The summed E-state index contributed by atoms with van der Waals surface area (Å²) in [6.07, 6.45) is 1.86. The van der Waals surface area contributed by atoms with Gasteiger partial charge in [-0.15, -0.1) is 0 Å². The van der Waals surface area contributed by atoms with Crippen LogP contribution in [0.4, 0.5) is 4.39 Å². The molecule has 136 valence electrons. The molecular formula is C20H20FNO4. The second kappa shape index (κ2) is 7.99. The first-order valence-corrected chi connectivity index (χ1v) is 8.62. The van der Waals surface area contributed by atoms with Gasteiger partial charge in [0.1, 0.15) is 12.4 Å². The van der Waals surface area contributed by atoms with Gasteiger partial charge in [0.05, 0.1) is 24.3 Å². The zero-order valence-corrected chi connectivity index (χ0v) is 14.5. The lowest BCUT2D eigenvalue weighted by Crippen LogP contribution is -2.33. The van der Waals surface area contributed by atoms with E-state index in [1.165, 1.54) is 18.2 Å². The molecule has 0 fully saturated rings. The van der Waals surface area contributed by atoms with Gasteiger partial charge in [-0.3, -0.25) is 14.5 Å². The molecule has 1 heterocycles. The Balaban J connectivity index is 1.63. The topological polar surface area (TPSA) is 55.8 Å². The predicted octanol–water partition coefficient (Wildman–Crippen LogP) is 3.68. The molecule has 0 saturated heterocycles. The van der Waals surface area contributed by atoms with Crippen LogP contribution in [0.3, 0.4) is 0 Å². The molecular weight excluding hydrogens is 337 g/mol. The summed E-state index contributed by atoms with van der Waals surface area (Å²) in [5.74, 6) is -0.413. The summed E-state index contributed by atoms with van der Waals surface area (Å²) < 4.78 is 24.7. The van der Waals surface area contributed by atoms with E-state index in [4.69, 9.17) is 9.47 Å². The molecule has 0 unspecified atom stereocenters. The van der Waals surface area contributed by atoms with Gasteiger partial charge >= 0.3 is 0 Å². The average molecular weight is 357 g/mol. The summed E-state index contributed by atoms with van der Waals surface area (Å²) >= 11 is 0. The summed E-state index contributed by atoms with van der Waals surface area (Å²) in [5, 5.41) is 0. The molecule has 1 aliphatic rings. The Morgan fingerprint density at radius 3 is 2.23 bits per heavy atom. The number of carbonyl (C=O) groups is 2. The zero-order chi connectivity index (χ0) is 18.5. The average Bonchev–Trinajstić information content (AvgIpc) is 2.89. The number of amides is 2. The minimum atomic E-state index is -0.441. The van der Waals surface area contributed by atoms with E-state index in [2.05, 4.69) is 0 Å². The van der Waals surface area contributed by atoms with Crippen molar-refractivity contribution in [1.82, 2.24) is 4.90 Å². The zero-order valence-electron chi connectivity index (χ0n) is 14.5. The van der Waals surface area contributed by atoms with Crippen LogP contribution in [0.15, 0.2) is 42.5 Å². The van der Waals surface area contributed by atoms with Crippen LogP contribution in [0.25, 0.3) is 0 Å². The highest BCUT2D eigenvalue weighted by Gasteiger charge is 2.34. The van der Waals surface area contributed by atoms with Gasteiger partial charge in [-0.05, 0) is 30.7 Å². The highest BCUT2D eigenvalue weighted by molar-refractivity contribution is 6.21. The van der Waals surface area contributed by atoms with E-state index in [9.17, 15) is 14.0 Å². The quantitative estimate of drug-likeness (QED) is 0.534. The third kappa shape index (κ3) is 3.69. The van der Waals surface area contributed by atoms with E-state index in [0.29, 0.717) is 23.5 Å². The van der Waals surface area contributed by atoms with Crippen molar-refractivity contribution in [3.63, 3.8) is 0 Å². The molecule has 0 radical (unpaired) electrons. The van der Waals surface area contributed by atoms with E-state index in [0.717, 1.165) is 17.7 Å². The number of ether oxygens (including phenoxy) is 2. The number of imide groups is 1. The minimum Gasteiger partial charge on any atom is -0.490 e. The first kappa shape index (κ1) is 17.9. The van der Waals surface area contributed by atoms with Crippen LogP contribution >= 0.6 is 0 Å². The molecule has 0 N–H and O–H groups in total. The van der Waals surface area contributed by atoms with Gasteiger partial charge in [-0.1, -0.05) is 25.5 Å². The normalized spacial score (nSPS) is 13.1. The molecule has 0 spiro atoms. The van der Waals surface area contributed by atoms with E-state index in [1.807, 2.05) is 6.92 Å². The molecule has 3 rings (SSSR count). The first-order chi connectivity index (χ1) is 12.6. The second-order valence-corrected chi connectivity index (χ2v) is 5.95. The van der Waals surface area contributed by atoms with E-state index < -0.39 is 5.82 Å². The Kier molecular flexibility index (Phi) is 5.51. The fourth-order valence-corrected chi connectivity index (χ4v) is 2.73. The Hall–Kier alpha value is -2.89. The molecule has 5 nitrogen and oxygen atoms in total. The highest BCUT2D eigenvalue weighted by Crippen LogP contribution is 2.28. The number of halogens is 1. The number of rotatable bonds is 8. The van der Waals surface area contributed by atoms with Crippen LogP contribution in [-0.2, 0) is 0 Å². The molecule has 2 amide bonds. The molecule has 0 atom stereocenters. The maximum Gasteiger partial charge on any atom is 0.261 e. The standard InChI is InChI=1S/C20H20FNO4/c1-2-3-11-25-17-9-8-14(21)13-18(17)26-12-10-22-19(23)15-6-4-5-7-16(15)20(22)24/h4-9,13H,2-3,10-12H2,1H3. The van der Waals surface area contributed by atoms with E-state index >= 15 is 0 Å². The molecule has 26 heavy (non-hydrogen) atoms. The monoisotopic (exact) mass is 357 g/mol. The van der Waals surface area contributed by atoms with Gasteiger partial charge in [0.15, 0.2) is 11.5 Å². The number of hydrogen-bond acceptors (Lipinski definition) is 4.